The molecule has 2 unspecified atom stereocenters. The third-order valence-corrected chi connectivity index (χ3v) is 4.86. The molecular formula is C18H19N3O11. The summed E-state index contributed by atoms with van der Waals surface area (Å²) in [6.45, 7) is 0.772. The molecule has 0 heterocycles. The molecule has 0 amide bonds. The first-order valence-corrected chi connectivity index (χ1v) is 9.07. The highest BCUT2D eigenvalue weighted by Gasteiger charge is 2.62. The van der Waals surface area contributed by atoms with E-state index in [1.807, 2.05) is 0 Å². The van der Waals surface area contributed by atoms with E-state index in [0.717, 1.165) is 6.07 Å². The Morgan fingerprint density at radius 2 is 1.69 bits per heavy atom. The zero-order chi connectivity index (χ0) is 24.1. The van der Waals surface area contributed by atoms with Crippen LogP contribution in [0, 0.1) is 36.3 Å². The highest BCUT2D eigenvalue weighted by molar-refractivity contribution is 5.87. The molecule has 0 aliphatic rings. The Labute approximate surface area is 179 Å². The van der Waals surface area contributed by atoms with Gasteiger partial charge >= 0.3 is 11.5 Å². The number of methoxy groups -OCH3 is 1. The zero-order valence-corrected chi connectivity index (χ0v) is 16.9. The number of nitro groups is 1. The third kappa shape index (κ3) is 4.91. The monoisotopic (exact) mass is 453 g/mol. The van der Waals surface area contributed by atoms with Gasteiger partial charge in [0.15, 0.2) is 6.10 Å². The first-order chi connectivity index (χ1) is 15.0. The second-order valence-electron chi connectivity index (χ2n) is 6.93. The Bertz CT molecular complexity index is 1030. The van der Waals surface area contributed by atoms with Crippen molar-refractivity contribution in [3.05, 3.63) is 72.3 Å². The van der Waals surface area contributed by atoms with Crippen LogP contribution in [0.3, 0.4) is 0 Å². The Morgan fingerprint density at radius 3 is 2.22 bits per heavy atom. The topological polar surface area (TPSA) is 194 Å². The van der Waals surface area contributed by atoms with E-state index in [4.69, 9.17) is 4.74 Å². The lowest BCUT2D eigenvalue weighted by Gasteiger charge is -2.30. The van der Waals surface area contributed by atoms with Crippen molar-refractivity contribution in [2.24, 2.45) is 5.92 Å². The number of carboxylic acids is 1. The summed E-state index contributed by atoms with van der Waals surface area (Å²) in [5.74, 6) is -2.39. The molecule has 0 aliphatic heterocycles. The largest absolute Gasteiger partial charge is 0.497 e. The third-order valence-electron chi connectivity index (χ3n) is 4.86. The van der Waals surface area contributed by atoms with Gasteiger partial charge in [-0.25, -0.2) is 4.79 Å². The quantitative estimate of drug-likeness (QED) is 0.365. The summed E-state index contributed by atoms with van der Waals surface area (Å²) in [7, 11) is 1.45. The van der Waals surface area contributed by atoms with E-state index in [-0.39, 0.29) is 5.56 Å². The van der Waals surface area contributed by atoms with E-state index in [2.05, 4.69) is 9.68 Å². The normalized spacial score (nSPS) is 14.6. The maximum Gasteiger partial charge on any atom is 0.389 e. The van der Waals surface area contributed by atoms with Gasteiger partial charge < -0.3 is 19.5 Å². The second-order valence-corrected chi connectivity index (χ2v) is 6.93. The van der Waals surface area contributed by atoms with Crippen molar-refractivity contribution < 1.29 is 39.4 Å². The Balaban J connectivity index is 2.63. The second kappa shape index (κ2) is 9.72. The Hall–Kier alpha value is -4.23. The van der Waals surface area contributed by atoms with Crippen molar-refractivity contribution in [3.63, 3.8) is 0 Å². The molecule has 0 saturated carbocycles. The minimum atomic E-state index is -3.08. The van der Waals surface area contributed by atoms with Crippen molar-refractivity contribution in [1.82, 2.24) is 0 Å². The number of hydrogen-bond donors (Lipinski definition) is 1. The summed E-state index contributed by atoms with van der Waals surface area (Å²) in [4.78, 5) is 53.4. The molecule has 1 N–H and O–H groups in total. The minimum Gasteiger partial charge on any atom is -0.497 e. The van der Waals surface area contributed by atoms with Crippen LogP contribution in [0.15, 0.2) is 36.4 Å². The molecule has 0 bridgehead atoms. The van der Waals surface area contributed by atoms with Crippen LogP contribution >= 0.6 is 0 Å². The van der Waals surface area contributed by atoms with Crippen molar-refractivity contribution in [1.29, 1.82) is 0 Å². The van der Waals surface area contributed by atoms with Crippen molar-refractivity contribution >= 4 is 16.7 Å². The molecule has 32 heavy (non-hydrogen) atoms. The summed E-state index contributed by atoms with van der Waals surface area (Å²) in [5.41, 5.74) is -3.45. The van der Waals surface area contributed by atoms with Crippen molar-refractivity contribution in [2.75, 3.05) is 13.7 Å². The number of carboxylic acid groups (broad SMARTS) is 1. The van der Waals surface area contributed by atoms with Gasteiger partial charge in [0, 0.05) is 10.5 Å². The average Bonchev–Trinajstić information content (AvgIpc) is 2.71. The molecule has 2 rings (SSSR count). The number of nitrogens with zero attached hydrogens (tertiary/aromatic N) is 3. The molecule has 0 saturated heterocycles. The summed E-state index contributed by atoms with van der Waals surface area (Å²) in [5, 5.41) is 42.1. The maximum atomic E-state index is 12.3. The van der Waals surface area contributed by atoms with E-state index in [0.29, 0.717) is 16.5 Å². The van der Waals surface area contributed by atoms with Crippen LogP contribution in [0.25, 0.3) is 10.8 Å². The lowest BCUT2D eigenvalue weighted by atomic mass is 9.80. The molecule has 3 atom stereocenters. The summed E-state index contributed by atoms with van der Waals surface area (Å²) >= 11 is 0. The lowest BCUT2D eigenvalue weighted by molar-refractivity contribution is -0.784. The fourth-order valence-electron chi connectivity index (χ4n) is 3.35. The van der Waals surface area contributed by atoms with Gasteiger partial charge in [0.25, 0.3) is 10.2 Å². The number of fused-ring (bicyclic) bond motifs is 1. The van der Waals surface area contributed by atoms with Crippen LogP contribution in [0.2, 0.25) is 0 Å². The number of ether oxygens (including phenoxy) is 1. The Morgan fingerprint density at radius 1 is 1.06 bits per heavy atom. The molecule has 0 aliphatic carbocycles. The summed E-state index contributed by atoms with van der Waals surface area (Å²) in [6, 6.07) is 8.52. The standard InChI is InChI=1S/C18H19N3O11/c1-11(10-31-20(26)27)7-16(32-21(28)29)18(17(22)23,19(24)25)14-5-3-13-9-15(30-2)6-4-12(13)8-14/h3-6,8-9,11,16H,7,10H2,1-2H3,(H,22,23)/t11?,16?,18-/m0/s1. The average molecular weight is 453 g/mol. The van der Waals surface area contributed by atoms with Gasteiger partial charge in [0.1, 0.15) is 5.75 Å². The van der Waals surface area contributed by atoms with Gasteiger partial charge in [-0.15, -0.1) is 20.2 Å². The molecule has 0 spiro atoms. The zero-order valence-electron chi connectivity index (χ0n) is 16.9. The SMILES string of the molecule is COc1ccc2cc([C@@](C(=O)O)(C(CC(C)CO[N+](=O)[O-])O[N+](=O)[O-])[N+](=O)[O-])ccc2c1. The summed E-state index contributed by atoms with van der Waals surface area (Å²) in [6.07, 6.45) is -2.71. The predicted molar refractivity (Wildman–Crippen MR) is 105 cm³/mol. The van der Waals surface area contributed by atoms with Crippen molar-refractivity contribution in [2.45, 2.75) is 25.0 Å². The maximum absolute atomic E-state index is 12.3. The van der Waals surface area contributed by atoms with Crippen LogP contribution < -0.4 is 4.74 Å². The lowest BCUT2D eigenvalue weighted by Crippen LogP contribution is -2.55. The molecule has 172 valence electrons. The fraction of sp³-hybridized carbons (Fsp3) is 0.389. The molecule has 2 aromatic carbocycles. The van der Waals surface area contributed by atoms with Gasteiger partial charge in [-0.3, -0.25) is 10.1 Å². The Kier molecular flexibility index (Phi) is 7.30. The van der Waals surface area contributed by atoms with E-state index < -0.39 is 51.7 Å². The molecule has 2 aromatic rings. The molecule has 14 heteroatoms. The van der Waals surface area contributed by atoms with Crippen LogP contribution in [-0.4, -0.2) is 46.0 Å². The number of rotatable bonds is 12. The molecule has 0 radical (unpaired) electrons. The molecule has 0 aromatic heterocycles. The number of hydrogen-bond acceptors (Lipinski definition) is 10. The first kappa shape index (κ1) is 24.0. The van der Waals surface area contributed by atoms with Crippen molar-refractivity contribution in [3.8, 4) is 5.75 Å². The van der Waals surface area contributed by atoms with Crippen LogP contribution in [0.4, 0.5) is 0 Å². The van der Waals surface area contributed by atoms with Crippen LogP contribution in [0.5, 0.6) is 5.75 Å². The first-order valence-electron chi connectivity index (χ1n) is 9.07. The van der Waals surface area contributed by atoms with E-state index in [1.54, 1.807) is 18.2 Å². The summed E-state index contributed by atoms with van der Waals surface area (Å²) < 4.78 is 5.10. The number of carbonyl (C=O) groups is 1. The van der Waals surface area contributed by atoms with Crippen LogP contribution in [0.1, 0.15) is 18.9 Å². The molecular weight excluding hydrogens is 434 g/mol. The molecule has 14 nitrogen and oxygen atoms in total. The van der Waals surface area contributed by atoms with E-state index in [1.165, 1.54) is 26.2 Å². The fourth-order valence-corrected chi connectivity index (χ4v) is 3.35. The number of aliphatic carboxylic acids is 1. The minimum absolute atomic E-state index is 0.373. The highest BCUT2D eigenvalue weighted by atomic mass is 17.0. The van der Waals surface area contributed by atoms with Gasteiger partial charge in [0.2, 0.25) is 0 Å². The smallest absolute Gasteiger partial charge is 0.389 e. The van der Waals surface area contributed by atoms with Gasteiger partial charge in [-0.1, -0.05) is 25.1 Å². The van der Waals surface area contributed by atoms with Gasteiger partial charge in [-0.05, 0) is 41.3 Å². The predicted octanol–water partition coefficient (Wildman–Crippen LogP) is 2.22. The van der Waals surface area contributed by atoms with E-state index >= 15 is 0 Å². The highest BCUT2D eigenvalue weighted by Crippen LogP contribution is 2.37. The van der Waals surface area contributed by atoms with Gasteiger partial charge in [0.05, 0.1) is 13.7 Å². The number of benzene rings is 2. The molecule has 0 fully saturated rings. The van der Waals surface area contributed by atoms with E-state index in [9.17, 15) is 40.2 Å². The van der Waals surface area contributed by atoms with Gasteiger partial charge in [-0.2, -0.15) is 0 Å². The van der Waals surface area contributed by atoms with Crippen LogP contribution in [-0.2, 0) is 20.0 Å².